The van der Waals surface area contributed by atoms with E-state index in [1.165, 1.54) is 0 Å². The maximum absolute atomic E-state index is 12.8. The summed E-state index contributed by atoms with van der Waals surface area (Å²) < 4.78 is 26.3. The largest absolute Gasteiger partial charge is 0.491 e. The lowest BCUT2D eigenvalue weighted by atomic mass is 10.1. The summed E-state index contributed by atoms with van der Waals surface area (Å²) in [5.41, 5.74) is 0.749. The molecule has 1 unspecified atom stereocenters. The Morgan fingerprint density at radius 2 is 1.77 bits per heavy atom. The van der Waals surface area contributed by atoms with Crippen molar-refractivity contribution in [2.24, 2.45) is 0 Å². The number of hydrogen-bond donors (Lipinski definition) is 1. The second kappa shape index (κ2) is 14.1. The van der Waals surface area contributed by atoms with Crippen LogP contribution in [0.2, 0.25) is 18.1 Å². The van der Waals surface area contributed by atoms with E-state index in [0.717, 1.165) is 48.5 Å². The molecule has 2 aromatic heterocycles. The quantitative estimate of drug-likeness (QED) is 0.220. The van der Waals surface area contributed by atoms with Crippen molar-refractivity contribution in [2.45, 2.75) is 117 Å². The van der Waals surface area contributed by atoms with E-state index in [4.69, 9.17) is 33.7 Å². The Morgan fingerprint density at radius 3 is 2.38 bits per heavy atom. The Labute approximate surface area is 281 Å². The molecule has 1 fully saturated rings. The predicted molar refractivity (Wildman–Crippen MR) is 190 cm³/mol. The molecule has 1 saturated heterocycles. The number of carbonyl (C=O) groups excluding carboxylic acids is 1. The molecular formula is C35H56N6O5Si. The zero-order chi connectivity index (χ0) is 34.8. The first-order valence-corrected chi connectivity index (χ1v) is 19.6. The molecule has 1 aromatic carbocycles. The number of ether oxygens (including phenoxy) is 3. The minimum atomic E-state index is -2.19. The highest BCUT2D eigenvalue weighted by molar-refractivity contribution is 6.74. The van der Waals surface area contributed by atoms with Crippen LogP contribution in [0.4, 0.5) is 10.6 Å². The summed E-state index contributed by atoms with van der Waals surface area (Å²) in [6.45, 7) is 25.0. The van der Waals surface area contributed by atoms with Crippen molar-refractivity contribution in [3.05, 3.63) is 30.5 Å². The minimum absolute atomic E-state index is 0.0123. The van der Waals surface area contributed by atoms with Gasteiger partial charge in [0, 0.05) is 31.9 Å². The van der Waals surface area contributed by atoms with Crippen LogP contribution in [-0.2, 0) is 19.4 Å². The zero-order valence-electron chi connectivity index (χ0n) is 30.6. The summed E-state index contributed by atoms with van der Waals surface area (Å²) in [5, 5.41) is 9.24. The van der Waals surface area contributed by atoms with Gasteiger partial charge in [0.2, 0.25) is 0 Å². The standard InChI is InChI=1S/C35H56N6O5Si/c1-33(2,3)41-31-28(21-36-41)30(37-25-16-18-43-19-17-25)38-29(39-31)24-14-13-15-26(20-24)44-23-27(46-47(11,12)35(7,8)9)22-40(10)32(42)45-34(4,5)6/h13-15,20-21,25,27H,16-19,22-23H2,1-12H3,(H,37,38,39). The first-order valence-electron chi connectivity index (χ1n) is 16.7. The first-order chi connectivity index (χ1) is 21.7. The molecular weight excluding hydrogens is 613 g/mol. The topological polar surface area (TPSA) is 113 Å². The molecule has 1 amide bonds. The molecule has 12 heteroatoms. The molecule has 1 N–H and O–H groups in total. The second-order valence-electron chi connectivity index (χ2n) is 16.1. The van der Waals surface area contributed by atoms with Crippen LogP contribution >= 0.6 is 0 Å². The monoisotopic (exact) mass is 668 g/mol. The highest BCUT2D eigenvalue weighted by Crippen LogP contribution is 2.38. The van der Waals surface area contributed by atoms with Crippen molar-refractivity contribution < 1.29 is 23.4 Å². The Bertz CT molecular complexity index is 1520. The molecule has 0 saturated carbocycles. The molecule has 47 heavy (non-hydrogen) atoms. The average Bonchev–Trinajstić information content (AvgIpc) is 3.40. The Balaban J connectivity index is 1.61. The van der Waals surface area contributed by atoms with E-state index in [0.29, 0.717) is 18.1 Å². The van der Waals surface area contributed by atoms with E-state index in [1.807, 2.05) is 55.9 Å². The molecule has 0 spiro atoms. The lowest BCUT2D eigenvalue weighted by Gasteiger charge is -2.40. The Hall–Kier alpha value is -3.22. The smallest absolute Gasteiger partial charge is 0.410 e. The summed E-state index contributed by atoms with van der Waals surface area (Å²) in [5.74, 6) is 2.02. The highest BCUT2D eigenvalue weighted by Gasteiger charge is 2.40. The third kappa shape index (κ3) is 9.67. The van der Waals surface area contributed by atoms with Crippen LogP contribution in [0.15, 0.2) is 30.5 Å². The van der Waals surface area contributed by atoms with Gasteiger partial charge in [-0.05, 0) is 84.6 Å². The summed E-state index contributed by atoms with van der Waals surface area (Å²) in [4.78, 5) is 24.4. The summed E-state index contributed by atoms with van der Waals surface area (Å²) >= 11 is 0. The maximum atomic E-state index is 12.8. The fraction of sp³-hybridized carbons (Fsp3) is 0.657. The Kier molecular flexibility index (Phi) is 11.0. The molecule has 260 valence electrons. The molecule has 3 aromatic rings. The minimum Gasteiger partial charge on any atom is -0.491 e. The van der Waals surface area contributed by atoms with Gasteiger partial charge in [-0.3, -0.25) is 0 Å². The highest BCUT2D eigenvalue weighted by atomic mass is 28.4. The zero-order valence-corrected chi connectivity index (χ0v) is 31.6. The van der Waals surface area contributed by atoms with Crippen LogP contribution < -0.4 is 10.1 Å². The van der Waals surface area contributed by atoms with Crippen LogP contribution in [0.25, 0.3) is 22.4 Å². The van der Waals surface area contributed by atoms with Gasteiger partial charge in [-0.15, -0.1) is 0 Å². The number of aromatic nitrogens is 4. The van der Waals surface area contributed by atoms with Crippen LogP contribution in [-0.4, -0.2) is 90.2 Å². The SMILES string of the molecule is CN(CC(COc1cccc(-c2nc(NC3CCOCC3)c3cnn(C(C)(C)C)c3n2)c1)O[Si](C)(C)C(C)(C)C)C(=O)OC(C)(C)C. The van der Waals surface area contributed by atoms with E-state index in [9.17, 15) is 4.79 Å². The molecule has 0 radical (unpaired) electrons. The first kappa shape index (κ1) is 36.6. The number of benzene rings is 1. The third-order valence-corrected chi connectivity index (χ3v) is 13.1. The van der Waals surface area contributed by atoms with E-state index in [-0.39, 0.29) is 29.3 Å². The van der Waals surface area contributed by atoms with Crippen LogP contribution in [0.1, 0.15) is 75.2 Å². The molecule has 0 aliphatic carbocycles. The van der Waals surface area contributed by atoms with E-state index < -0.39 is 20.0 Å². The number of amides is 1. The van der Waals surface area contributed by atoms with Crippen molar-refractivity contribution >= 4 is 31.3 Å². The summed E-state index contributed by atoms with van der Waals surface area (Å²) in [7, 11) is -0.451. The number of carbonyl (C=O) groups is 1. The molecule has 1 aliphatic rings. The van der Waals surface area contributed by atoms with E-state index in [1.54, 1.807) is 11.9 Å². The number of likely N-dealkylation sites (N-methyl/N-ethyl adjacent to an activating group) is 1. The van der Waals surface area contributed by atoms with Crippen molar-refractivity contribution in [3.63, 3.8) is 0 Å². The van der Waals surface area contributed by atoms with Gasteiger partial charge in [-0.1, -0.05) is 32.9 Å². The molecule has 3 heterocycles. The fourth-order valence-electron chi connectivity index (χ4n) is 5.02. The summed E-state index contributed by atoms with van der Waals surface area (Å²) in [6.07, 6.45) is 2.93. The Morgan fingerprint density at radius 1 is 1.09 bits per heavy atom. The van der Waals surface area contributed by atoms with Gasteiger partial charge in [-0.25, -0.2) is 19.4 Å². The number of anilines is 1. The van der Waals surface area contributed by atoms with Crippen LogP contribution in [0.3, 0.4) is 0 Å². The number of fused-ring (bicyclic) bond motifs is 1. The van der Waals surface area contributed by atoms with Crippen LogP contribution in [0, 0.1) is 0 Å². The van der Waals surface area contributed by atoms with Crippen molar-refractivity contribution in [1.29, 1.82) is 0 Å². The van der Waals surface area contributed by atoms with Gasteiger partial charge in [0.15, 0.2) is 19.8 Å². The van der Waals surface area contributed by atoms with Gasteiger partial charge in [0.25, 0.3) is 0 Å². The van der Waals surface area contributed by atoms with Gasteiger partial charge in [-0.2, -0.15) is 5.10 Å². The number of nitrogens with zero attached hydrogens (tertiary/aromatic N) is 5. The molecule has 11 nitrogen and oxygen atoms in total. The average molecular weight is 669 g/mol. The van der Waals surface area contributed by atoms with E-state index >= 15 is 0 Å². The number of rotatable bonds is 10. The van der Waals surface area contributed by atoms with Gasteiger partial charge in [0.1, 0.15) is 23.8 Å². The van der Waals surface area contributed by atoms with E-state index in [2.05, 4.69) is 60.0 Å². The molecule has 4 rings (SSSR count). The second-order valence-corrected chi connectivity index (χ2v) is 20.8. The predicted octanol–water partition coefficient (Wildman–Crippen LogP) is 7.48. The molecule has 0 bridgehead atoms. The maximum Gasteiger partial charge on any atom is 0.410 e. The normalized spacial score (nSPS) is 15.8. The van der Waals surface area contributed by atoms with Crippen LogP contribution in [0.5, 0.6) is 5.75 Å². The van der Waals surface area contributed by atoms with Crippen molar-refractivity contribution in [3.8, 4) is 17.1 Å². The fourth-order valence-corrected chi connectivity index (χ4v) is 6.35. The molecule has 1 atom stereocenters. The number of nitrogens with one attached hydrogen (secondary N) is 1. The van der Waals surface area contributed by atoms with Gasteiger partial charge < -0.3 is 28.9 Å². The van der Waals surface area contributed by atoms with Crippen molar-refractivity contribution in [1.82, 2.24) is 24.6 Å². The van der Waals surface area contributed by atoms with Gasteiger partial charge >= 0.3 is 6.09 Å². The molecule has 1 aliphatic heterocycles. The number of hydrogen-bond acceptors (Lipinski definition) is 9. The van der Waals surface area contributed by atoms with Crippen molar-refractivity contribution in [2.75, 3.05) is 38.7 Å². The lowest BCUT2D eigenvalue weighted by Crippen LogP contribution is -2.49. The third-order valence-electron chi connectivity index (χ3n) is 8.60. The lowest BCUT2D eigenvalue weighted by molar-refractivity contribution is 0.0172. The van der Waals surface area contributed by atoms with Gasteiger partial charge in [0.05, 0.1) is 29.8 Å². The summed E-state index contributed by atoms with van der Waals surface area (Å²) in [6, 6.07) is 8.08.